The molecule has 8 heteroatoms. The van der Waals surface area contributed by atoms with E-state index in [-0.39, 0.29) is 18.3 Å². The van der Waals surface area contributed by atoms with E-state index >= 15 is 0 Å². The molecule has 0 spiro atoms. The van der Waals surface area contributed by atoms with Crippen LogP contribution in [0.3, 0.4) is 0 Å². The third-order valence-electron chi connectivity index (χ3n) is 4.38. The highest BCUT2D eigenvalue weighted by Crippen LogP contribution is 2.27. The number of hydrogen-bond donors (Lipinski definition) is 1. The maximum Gasteiger partial charge on any atom is 0.253 e. The number of carbonyl (C=O) groups excluding carboxylic acids is 1. The Labute approximate surface area is 134 Å². The highest BCUT2D eigenvalue weighted by atomic mass is 35.5. The lowest BCUT2D eigenvalue weighted by atomic mass is 10.0. The van der Waals surface area contributed by atoms with Crippen LogP contribution in [0.15, 0.2) is 30.6 Å². The van der Waals surface area contributed by atoms with E-state index in [9.17, 15) is 4.79 Å². The first kappa shape index (κ1) is 14.9. The molecule has 0 saturated carbocycles. The number of carbonyl (C=O) groups is 1. The first-order valence-corrected chi connectivity index (χ1v) is 7.14. The summed E-state index contributed by atoms with van der Waals surface area (Å²) in [6, 6.07) is 7.44. The van der Waals surface area contributed by atoms with Crippen molar-refractivity contribution < 1.29 is 4.79 Å². The van der Waals surface area contributed by atoms with Crippen molar-refractivity contribution in [3.63, 3.8) is 0 Å². The summed E-state index contributed by atoms with van der Waals surface area (Å²) in [5.74, 6) is 1.31. The standard InChI is InChI=1S/C14H16N6O.ClH/c21-14(19-7-11-5-15-6-12(11)8-19)10-2-1-3-13(4-10)20-9-16-17-18-20;/h1-4,9,11-12,15H,5-8H2;1H/t11-,12+;. The van der Waals surface area contributed by atoms with Gasteiger partial charge in [-0.15, -0.1) is 17.5 Å². The lowest BCUT2D eigenvalue weighted by molar-refractivity contribution is 0.0781. The molecule has 2 aliphatic rings. The first-order chi connectivity index (χ1) is 10.3. The Morgan fingerprint density at radius 3 is 2.68 bits per heavy atom. The topological polar surface area (TPSA) is 75.9 Å². The van der Waals surface area contributed by atoms with Gasteiger partial charge < -0.3 is 10.2 Å². The van der Waals surface area contributed by atoms with Gasteiger partial charge in [-0.2, -0.15) is 0 Å². The van der Waals surface area contributed by atoms with Gasteiger partial charge in [-0.25, -0.2) is 4.68 Å². The first-order valence-electron chi connectivity index (χ1n) is 7.14. The number of fused-ring (bicyclic) bond motifs is 1. The SMILES string of the molecule is Cl.O=C(c1cccc(-n2cnnn2)c1)N1C[C@H]2CNC[C@H]2C1. The fraction of sp³-hybridized carbons (Fsp3) is 0.429. The van der Waals surface area contributed by atoms with Crippen LogP contribution in [0, 0.1) is 11.8 Å². The van der Waals surface area contributed by atoms with Gasteiger partial charge in [-0.05, 0) is 40.5 Å². The van der Waals surface area contributed by atoms with Gasteiger partial charge in [0.05, 0.1) is 5.69 Å². The van der Waals surface area contributed by atoms with Crippen LogP contribution >= 0.6 is 12.4 Å². The second kappa shape index (κ2) is 6.02. The average Bonchev–Trinajstić information content (AvgIpc) is 3.22. The Kier molecular flexibility index (Phi) is 4.08. The van der Waals surface area contributed by atoms with Gasteiger partial charge >= 0.3 is 0 Å². The summed E-state index contributed by atoms with van der Waals surface area (Å²) in [5.41, 5.74) is 1.49. The molecule has 7 nitrogen and oxygen atoms in total. The Hall–Kier alpha value is -1.99. The Morgan fingerprint density at radius 2 is 2.00 bits per heavy atom. The van der Waals surface area contributed by atoms with Crippen molar-refractivity contribution in [1.29, 1.82) is 0 Å². The smallest absolute Gasteiger partial charge is 0.253 e. The fourth-order valence-corrected chi connectivity index (χ4v) is 3.26. The molecule has 0 unspecified atom stereocenters. The molecule has 1 N–H and O–H groups in total. The largest absolute Gasteiger partial charge is 0.338 e. The molecule has 3 heterocycles. The molecule has 4 rings (SSSR count). The zero-order valence-corrected chi connectivity index (χ0v) is 12.7. The van der Waals surface area contributed by atoms with E-state index in [1.165, 1.54) is 6.33 Å². The average molecular weight is 321 g/mol. The summed E-state index contributed by atoms with van der Waals surface area (Å²) in [7, 11) is 0. The van der Waals surface area contributed by atoms with Crippen molar-refractivity contribution in [3.8, 4) is 5.69 Å². The third kappa shape index (κ3) is 2.57. The molecule has 0 bridgehead atoms. The maximum atomic E-state index is 12.6. The number of hydrogen-bond acceptors (Lipinski definition) is 5. The minimum atomic E-state index is 0. The number of rotatable bonds is 2. The van der Waals surface area contributed by atoms with Crippen LogP contribution in [0.4, 0.5) is 0 Å². The molecule has 22 heavy (non-hydrogen) atoms. The molecule has 2 aliphatic heterocycles. The summed E-state index contributed by atoms with van der Waals surface area (Å²) in [6.07, 6.45) is 1.52. The van der Waals surface area contributed by atoms with Crippen LogP contribution in [0.5, 0.6) is 0 Å². The minimum Gasteiger partial charge on any atom is -0.338 e. The quantitative estimate of drug-likeness (QED) is 0.865. The number of nitrogens with zero attached hydrogens (tertiary/aromatic N) is 5. The van der Waals surface area contributed by atoms with Crippen LogP contribution < -0.4 is 5.32 Å². The molecule has 2 aromatic rings. The number of aromatic nitrogens is 4. The van der Waals surface area contributed by atoms with Crippen LogP contribution in [0.25, 0.3) is 5.69 Å². The monoisotopic (exact) mass is 320 g/mol. The second-order valence-corrected chi connectivity index (χ2v) is 5.69. The van der Waals surface area contributed by atoms with E-state index in [4.69, 9.17) is 0 Å². The van der Waals surface area contributed by atoms with Gasteiger partial charge in [-0.1, -0.05) is 6.07 Å². The molecule has 1 aromatic heterocycles. The molecule has 1 amide bonds. The fourth-order valence-electron chi connectivity index (χ4n) is 3.26. The van der Waals surface area contributed by atoms with E-state index in [2.05, 4.69) is 20.8 Å². The number of likely N-dealkylation sites (tertiary alicyclic amines) is 1. The lowest BCUT2D eigenvalue weighted by Crippen LogP contribution is -2.31. The van der Waals surface area contributed by atoms with Crippen molar-refractivity contribution in [2.24, 2.45) is 11.8 Å². The predicted octanol–water partition coefficient (Wildman–Crippen LogP) is 0.375. The minimum absolute atomic E-state index is 0. The van der Waals surface area contributed by atoms with Crippen molar-refractivity contribution >= 4 is 18.3 Å². The summed E-state index contributed by atoms with van der Waals surface area (Å²) in [5, 5.41) is 14.5. The van der Waals surface area contributed by atoms with Gasteiger partial charge in [-0.3, -0.25) is 4.79 Å². The van der Waals surface area contributed by atoms with Crippen LogP contribution in [-0.2, 0) is 0 Å². The van der Waals surface area contributed by atoms with E-state index in [0.717, 1.165) is 31.9 Å². The van der Waals surface area contributed by atoms with Crippen LogP contribution in [0.1, 0.15) is 10.4 Å². The van der Waals surface area contributed by atoms with Crippen molar-refractivity contribution in [3.05, 3.63) is 36.2 Å². The Balaban J connectivity index is 0.00000144. The van der Waals surface area contributed by atoms with Gasteiger partial charge in [0.25, 0.3) is 5.91 Å². The molecule has 1 aromatic carbocycles. The number of benzene rings is 1. The molecule has 2 fully saturated rings. The molecule has 116 valence electrons. The number of tetrazole rings is 1. The van der Waals surface area contributed by atoms with E-state index in [0.29, 0.717) is 17.4 Å². The highest BCUT2D eigenvalue weighted by Gasteiger charge is 2.38. The second-order valence-electron chi connectivity index (χ2n) is 5.69. The van der Waals surface area contributed by atoms with Crippen molar-refractivity contribution in [1.82, 2.24) is 30.4 Å². The zero-order valence-electron chi connectivity index (χ0n) is 11.9. The number of amides is 1. The van der Waals surface area contributed by atoms with Crippen LogP contribution in [-0.4, -0.2) is 57.2 Å². The van der Waals surface area contributed by atoms with Gasteiger partial charge in [0.15, 0.2) is 0 Å². The highest BCUT2D eigenvalue weighted by molar-refractivity contribution is 5.95. The van der Waals surface area contributed by atoms with Gasteiger partial charge in [0.1, 0.15) is 6.33 Å². The Bertz CT molecular complexity index is 649. The maximum absolute atomic E-state index is 12.6. The molecule has 2 saturated heterocycles. The van der Waals surface area contributed by atoms with Crippen molar-refractivity contribution in [2.75, 3.05) is 26.2 Å². The molecule has 0 aliphatic carbocycles. The molecular formula is C14H17ClN6O. The van der Waals surface area contributed by atoms with E-state index in [1.807, 2.05) is 29.2 Å². The third-order valence-corrected chi connectivity index (χ3v) is 4.38. The summed E-state index contributed by atoms with van der Waals surface area (Å²) >= 11 is 0. The Morgan fingerprint density at radius 1 is 1.23 bits per heavy atom. The normalized spacial score (nSPS) is 23.2. The van der Waals surface area contributed by atoms with Crippen molar-refractivity contribution in [2.45, 2.75) is 0 Å². The summed E-state index contributed by atoms with van der Waals surface area (Å²) in [4.78, 5) is 14.6. The summed E-state index contributed by atoms with van der Waals surface area (Å²) < 4.78 is 1.55. The zero-order chi connectivity index (χ0) is 14.2. The summed E-state index contributed by atoms with van der Waals surface area (Å²) in [6.45, 7) is 3.76. The number of nitrogens with one attached hydrogen (secondary N) is 1. The predicted molar refractivity (Wildman–Crippen MR) is 82.2 cm³/mol. The van der Waals surface area contributed by atoms with E-state index in [1.54, 1.807) is 4.68 Å². The van der Waals surface area contributed by atoms with Crippen LogP contribution in [0.2, 0.25) is 0 Å². The van der Waals surface area contributed by atoms with E-state index < -0.39 is 0 Å². The molecule has 2 atom stereocenters. The molecule has 0 radical (unpaired) electrons. The van der Waals surface area contributed by atoms with Gasteiger partial charge in [0.2, 0.25) is 0 Å². The number of halogens is 1. The molecular weight excluding hydrogens is 304 g/mol. The lowest BCUT2D eigenvalue weighted by Gasteiger charge is -2.17. The van der Waals surface area contributed by atoms with Gasteiger partial charge in [0, 0.05) is 31.7 Å².